The molecule has 3 aliphatic heterocycles. The van der Waals surface area contributed by atoms with Gasteiger partial charge in [-0.1, -0.05) is 47.5 Å². The van der Waals surface area contributed by atoms with Gasteiger partial charge in [-0.3, -0.25) is 10.6 Å². The summed E-state index contributed by atoms with van der Waals surface area (Å²) >= 11 is 0. The number of anilines is 2. The number of ether oxygens (including phenoxy) is 10. The molecular weight excluding hydrogens is 1190 g/mol. The van der Waals surface area contributed by atoms with Crippen molar-refractivity contribution in [2.24, 2.45) is 0 Å². The Morgan fingerprint density at radius 3 is 1.40 bits per heavy atom. The van der Waals surface area contributed by atoms with Gasteiger partial charge in [-0.05, 0) is 135 Å². The molecule has 89 heavy (non-hydrogen) atoms. The van der Waals surface area contributed by atoms with E-state index in [9.17, 15) is 31.2 Å². The molecule has 0 aliphatic carbocycles. The van der Waals surface area contributed by atoms with E-state index >= 15 is 0 Å². The van der Waals surface area contributed by atoms with Crippen LogP contribution in [0.2, 0.25) is 0 Å². The van der Waals surface area contributed by atoms with Crippen molar-refractivity contribution in [2.75, 3.05) is 52.3 Å². The summed E-state index contributed by atoms with van der Waals surface area (Å²) in [5, 5.41) is 13.5. The van der Waals surface area contributed by atoms with E-state index in [0.29, 0.717) is 36.1 Å². The number of aryl methyl sites for hydroxylation is 2. The van der Waals surface area contributed by atoms with Crippen LogP contribution in [0.5, 0.6) is 6.01 Å². The second-order valence-corrected chi connectivity index (χ2v) is 23.1. The van der Waals surface area contributed by atoms with Crippen molar-refractivity contribution in [1.82, 2.24) is 29.5 Å². The molecule has 0 spiro atoms. The molecule has 0 unspecified atom stereocenters. The maximum atomic E-state index is 12.6. The molecule has 484 valence electrons. The van der Waals surface area contributed by atoms with Crippen LogP contribution in [0.1, 0.15) is 66.5 Å². The lowest BCUT2D eigenvalue weighted by molar-refractivity contribution is -0.292. The van der Waals surface area contributed by atoms with Gasteiger partial charge in [-0.15, -0.1) is 10.2 Å². The first-order chi connectivity index (χ1) is 42.1. The van der Waals surface area contributed by atoms with Gasteiger partial charge in [0.15, 0.2) is 5.82 Å². The quantitative estimate of drug-likeness (QED) is 0.0463. The van der Waals surface area contributed by atoms with E-state index in [1.165, 1.54) is 19.8 Å². The molecule has 5 heterocycles. The Balaban J connectivity index is 0.000000198. The van der Waals surface area contributed by atoms with Gasteiger partial charge in [0.25, 0.3) is 0 Å². The topological polar surface area (TPSA) is 274 Å². The van der Waals surface area contributed by atoms with E-state index in [1.54, 1.807) is 73.8 Å². The number of amides is 2. The van der Waals surface area contributed by atoms with Gasteiger partial charge in [-0.2, -0.15) is 26.6 Å². The zero-order valence-corrected chi connectivity index (χ0v) is 52.6. The van der Waals surface area contributed by atoms with Gasteiger partial charge in [0.2, 0.25) is 12.6 Å². The number of alkyl halides is 3. The summed E-state index contributed by atoms with van der Waals surface area (Å²) in [7, 11) is -0.0256. The van der Waals surface area contributed by atoms with Crippen molar-refractivity contribution in [1.29, 1.82) is 0 Å². The Hall–Kier alpha value is -7.10. The van der Waals surface area contributed by atoms with Crippen LogP contribution in [-0.4, -0.2) is 177 Å². The van der Waals surface area contributed by atoms with Crippen LogP contribution in [0.4, 0.5) is 34.1 Å². The summed E-state index contributed by atoms with van der Waals surface area (Å²) in [6, 6.07) is 28.3. The fourth-order valence-electron chi connectivity index (χ4n) is 9.43. The highest BCUT2D eigenvalue weighted by atomic mass is 32.2. The third kappa shape index (κ3) is 17.4. The van der Waals surface area contributed by atoms with E-state index < -0.39 is 89.1 Å². The number of benzene rings is 4. The van der Waals surface area contributed by atoms with E-state index in [1.807, 2.05) is 118 Å². The molecule has 0 saturated carbocycles. The standard InChI is InChI=1S/C26H32N4O6.C23H36BNO8.C10H8F3N3O3S/c1-6-34-22-21(32-4)17(3)35-25(23(22)33-5)36-26(31)28-19-11-9-18(10-12-19)24-27-15-30(29-24)20-13-7-16(2)8-14-20;1-9-29-18-17(27-7)14(2)30-20(19(18)28-8)31-21(26)25-16-12-10-15(11-13-16)24-32-22(3,4)23(5,6)33-24;1-7-2-4-8(5-3-7)16-6-14-9(15-16)19-20(17,18)10(11,12)13/h7-15,17,21-23,25H,6H2,1-5H3,(H,28,31);10-14,17-20H,9H2,1-8H3,(H,25,26);2-6H,1H3/t17-,21-,22+,23+,25-;14-,17-,18+,19+,20-;/m00./s1. The summed E-state index contributed by atoms with van der Waals surface area (Å²) in [6.07, 6.45) is -4.10. The summed E-state index contributed by atoms with van der Waals surface area (Å²) in [5.74, 6) is 0.576. The molecule has 25 nitrogen and oxygen atoms in total. The fourth-order valence-corrected chi connectivity index (χ4v) is 9.80. The van der Waals surface area contributed by atoms with Crippen LogP contribution >= 0.6 is 0 Å². The Morgan fingerprint density at radius 1 is 0.596 bits per heavy atom. The summed E-state index contributed by atoms with van der Waals surface area (Å²) < 4.78 is 133. The van der Waals surface area contributed by atoms with E-state index in [4.69, 9.17) is 56.7 Å². The number of hydrogen-bond donors (Lipinski definition) is 2. The predicted molar refractivity (Wildman–Crippen MR) is 318 cm³/mol. The van der Waals surface area contributed by atoms with Gasteiger partial charge in [0.1, 0.15) is 49.3 Å². The number of carbonyl (C=O) groups excluding carboxylic acids is 2. The first-order valence-corrected chi connectivity index (χ1v) is 29.7. The number of halogens is 3. The first kappa shape index (κ1) is 69.4. The summed E-state index contributed by atoms with van der Waals surface area (Å²) in [6.45, 7) is 20.3. The molecule has 10 atom stereocenters. The highest BCUT2D eigenvalue weighted by Crippen LogP contribution is 2.37. The monoisotopic (exact) mass is 1270 g/mol. The molecule has 6 aromatic rings. The lowest BCUT2D eigenvalue weighted by atomic mass is 9.79. The van der Waals surface area contributed by atoms with Gasteiger partial charge in [0, 0.05) is 58.6 Å². The Bertz CT molecular complexity index is 3330. The zero-order chi connectivity index (χ0) is 65.0. The largest absolute Gasteiger partial charge is 0.534 e. The van der Waals surface area contributed by atoms with Crippen molar-refractivity contribution >= 4 is 46.3 Å². The second-order valence-electron chi connectivity index (χ2n) is 21.5. The number of rotatable bonds is 18. The van der Waals surface area contributed by atoms with Crippen molar-refractivity contribution in [2.45, 2.75) is 147 Å². The number of hydrogen-bond acceptors (Lipinski definition) is 21. The van der Waals surface area contributed by atoms with Gasteiger partial charge >= 0.3 is 40.9 Å². The van der Waals surface area contributed by atoms with E-state index in [-0.39, 0.29) is 24.4 Å². The van der Waals surface area contributed by atoms with E-state index in [2.05, 4.69) is 35.0 Å². The molecule has 3 saturated heterocycles. The zero-order valence-electron chi connectivity index (χ0n) is 51.8. The number of nitrogens with one attached hydrogen (secondary N) is 2. The smallest absolute Gasteiger partial charge is 0.416 e. The maximum absolute atomic E-state index is 12.6. The van der Waals surface area contributed by atoms with Crippen LogP contribution in [0.15, 0.2) is 110 Å². The molecule has 0 bridgehead atoms. The molecule has 4 aromatic carbocycles. The van der Waals surface area contributed by atoms with Gasteiger partial charge in [-0.25, -0.2) is 23.9 Å². The summed E-state index contributed by atoms with van der Waals surface area (Å²) in [4.78, 5) is 33.0. The minimum absolute atomic E-state index is 0.347. The third-order valence-corrected chi connectivity index (χ3v) is 15.7. The Morgan fingerprint density at radius 2 is 1.00 bits per heavy atom. The first-order valence-electron chi connectivity index (χ1n) is 28.3. The Labute approximate surface area is 515 Å². The SMILES string of the molecule is CCO[C@@H]1[C@@H](OC)[C@H](C)O[C@@H](OC(=O)Nc2ccc(-c3ncn(-c4ccc(C)cc4)n3)cc2)[C@@H]1OC.CCO[C@@H]1[C@@H](OC)[C@H](C)O[C@@H](OC(=O)Nc2ccc(B3OC(C)(C)C(C)(C)O3)cc2)[C@@H]1OC.Cc1ccc(-n2cnc(OS(=O)(=O)C(F)(F)F)n2)cc1. The molecule has 2 amide bonds. The van der Waals surface area contributed by atoms with E-state index in [0.717, 1.165) is 33.3 Å². The average Bonchev–Trinajstić information content (AvgIpc) is 3.22. The Kier molecular flexibility index (Phi) is 23.5. The number of nitrogens with zero attached hydrogens (tertiary/aromatic N) is 6. The van der Waals surface area contributed by atoms with Gasteiger partial charge < -0.3 is 60.9 Å². The van der Waals surface area contributed by atoms with Gasteiger partial charge in [0.05, 0.1) is 34.8 Å². The van der Waals surface area contributed by atoms with Crippen LogP contribution in [0, 0.1) is 13.8 Å². The highest BCUT2D eigenvalue weighted by molar-refractivity contribution is 7.87. The molecule has 2 aromatic heterocycles. The van der Waals surface area contributed by atoms with Crippen molar-refractivity contribution < 1.29 is 92.0 Å². The van der Waals surface area contributed by atoms with Crippen molar-refractivity contribution in [3.8, 4) is 28.8 Å². The second kappa shape index (κ2) is 30.1. The molecule has 9 rings (SSSR count). The molecule has 0 radical (unpaired) electrons. The lowest BCUT2D eigenvalue weighted by Gasteiger charge is -2.43. The molecule has 2 N–H and O–H groups in total. The lowest BCUT2D eigenvalue weighted by Crippen LogP contribution is -2.60. The number of carbonyl (C=O) groups is 2. The van der Waals surface area contributed by atoms with Crippen molar-refractivity contribution in [3.05, 3.63) is 121 Å². The van der Waals surface area contributed by atoms with Crippen LogP contribution in [-0.2, 0) is 66.8 Å². The summed E-state index contributed by atoms with van der Waals surface area (Å²) in [5.41, 5.74) is 0.00671. The van der Waals surface area contributed by atoms with Crippen LogP contribution < -0.4 is 20.3 Å². The predicted octanol–water partition coefficient (Wildman–Crippen LogP) is 8.49. The normalized spacial score (nSPS) is 23.9. The minimum atomic E-state index is -5.76. The molecule has 3 fully saturated rings. The van der Waals surface area contributed by atoms with Crippen LogP contribution in [0.25, 0.3) is 22.8 Å². The number of aromatic nitrogens is 6. The highest BCUT2D eigenvalue weighted by Gasteiger charge is 2.53. The maximum Gasteiger partial charge on any atom is 0.534 e. The molecule has 3 aliphatic rings. The average molecular weight is 1270 g/mol. The third-order valence-electron chi connectivity index (χ3n) is 14.8. The number of methoxy groups -OCH3 is 4. The minimum Gasteiger partial charge on any atom is -0.416 e. The van der Waals surface area contributed by atoms with Crippen molar-refractivity contribution in [3.63, 3.8) is 0 Å². The van der Waals surface area contributed by atoms with Crippen LogP contribution in [0.3, 0.4) is 0 Å². The fraction of sp³-hybridized carbons (Fsp3) is 0.492. The molecule has 30 heteroatoms. The molecular formula is C59H76BF3N8O17S.